The molecule has 1 saturated carbocycles. The highest BCUT2D eigenvalue weighted by atomic mass is 31.2. The Morgan fingerprint density at radius 1 is 0.645 bits per heavy atom. The molecule has 62 heavy (non-hydrogen) atoms. The van der Waals surface area contributed by atoms with Gasteiger partial charge in [-0.3, -0.25) is 18.6 Å². The van der Waals surface area contributed by atoms with E-state index in [4.69, 9.17) is 24.3 Å². The summed E-state index contributed by atoms with van der Waals surface area (Å²) in [7, 11) is -4.44. The zero-order valence-corrected chi connectivity index (χ0v) is 40.3. The van der Waals surface area contributed by atoms with Gasteiger partial charge in [-0.15, -0.1) is 0 Å². The van der Waals surface area contributed by atoms with Gasteiger partial charge in [-0.1, -0.05) is 193 Å². The molecule has 1 rings (SSSR count). The lowest BCUT2D eigenvalue weighted by molar-refractivity contribution is -0.161. The molecule has 0 radical (unpaired) electrons. The average molecular weight is 904 g/mol. The number of esters is 2. The molecule has 0 spiro atoms. The second-order valence-electron chi connectivity index (χ2n) is 18.0. The summed E-state index contributed by atoms with van der Waals surface area (Å²) in [6.07, 6.45) is 35.9. The minimum absolute atomic E-state index is 0.0215. The standard InChI is InChI=1S/C49H94NO11P/c1-3-5-7-8-9-10-11-12-13-14-15-16-17-18-19-20-21-22-23-24-29-33-48(54)58-40-43(41-60-62(56,57)59-38-37-50)61-49(55)34-30-26-25-28-32-44-45(47(53)39-46(44)52)36-35-42(51)31-27-6-4-2/h35-36,42-47,51-53H,3-34,37-41,50H2,1-2H3,(H,56,57)/b36-35+/t42-,43+,44+,45+,46-,47+/m0/s1. The molecule has 1 fully saturated rings. The quantitative estimate of drug-likeness (QED) is 0.0168. The van der Waals surface area contributed by atoms with E-state index < -0.39 is 50.8 Å². The first kappa shape index (κ1) is 58.6. The number of carbonyl (C=O) groups excluding carboxylic acids is 2. The van der Waals surface area contributed by atoms with Gasteiger partial charge in [0.25, 0.3) is 0 Å². The van der Waals surface area contributed by atoms with Gasteiger partial charge in [0.2, 0.25) is 0 Å². The predicted octanol–water partition coefficient (Wildman–Crippen LogP) is 11.3. The number of phosphoric ester groups is 1. The Bertz CT molecular complexity index is 1140. The topological polar surface area (TPSA) is 195 Å². The molecule has 7 atom stereocenters. The molecular weight excluding hydrogens is 810 g/mol. The first-order valence-corrected chi connectivity index (χ1v) is 26.9. The van der Waals surface area contributed by atoms with Crippen LogP contribution in [0.2, 0.25) is 0 Å². The van der Waals surface area contributed by atoms with E-state index in [0.717, 1.165) is 64.2 Å². The van der Waals surface area contributed by atoms with Crippen molar-refractivity contribution in [3.8, 4) is 0 Å². The van der Waals surface area contributed by atoms with E-state index in [1.165, 1.54) is 109 Å². The van der Waals surface area contributed by atoms with E-state index in [1.807, 2.05) is 6.08 Å². The molecule has 0 aliphatic heterocycles. The van der Waals surface area contributed by atoms with Crippen LogP contribution in [0.1, 0.15) is 226 Å². The Balaban J connectivity index is 2.26. The summed E-state index contributed by atoms with van der Waals surface area (Å²) in [4.78, 5) is 35.2. The number of ether oxygens (including phenoxy) is 2. The Kier molecular flexibility index (Phi) is 37.8. The molecule has 13 heteroatoms. The molecule has 366 valence electrons. The molecule has 0 aromatic rings. The summed E-state index contributed by atoms with van der Waals surface area (Å²) >= 11 is 0. The van der Waals surface area contributed by atoms with E-state index in [-0.39, 0.29) is 44.4 Å². The number of nitrogens with two attached hydrogens (primary N) is 1. The van der Waals surface area contributed by atoms with Crippen LogP contribution in [-0.4, -0.2) is 82.9 Å². The normalized spacial score (nSPS) is 19.8. The number of rotatable bonds is 44. The molecule has 1 aliphatic carbocycles. The molecule has 0 aromatic heterocycles. The highest BCUT2D eigenvalue weighted by Gasteiger charge is 2.39. The van der Waals surface area contributed by atoms with Gasteiger partial charge < -0.3 is 35.4 Å². The van der Waals surface area contributed by atoms with E-state index in [0.29, 0.717) is 25.7 Å². The molecule has 0 saturated heterocycles. The monoisotopic (exact) mass is 904 g/mol. The maximum Gasteiger partial charge on any atom is 0.472 e. The van der Waals surface area contributed by atoms with Crippen molar-refractivity contribution >= 4 is 19.8 Å². The number of unbranched alkanes of at least 4 members (excludes halogenated alkanes) is 25. The van der Waals surface area contributed by atoms with Crippen LogP contribution in [0.25, 0.3) is 0 Å². The molecule has 0 aromatic carbocycles. The molecule has 0 bridgehead atoms. The van der Waals surface area contributed by atoms with Crippen molar-refractivity contribution in [2.75, 3.05) is 26.4 Å². The van der Waals surface area contributed by atoms with Crippen LogP contribution < -0.4 is 5.73 Å². The second kappa shape index (κ2) is 39.9. The van der Waals surface area contributed by atoms with Gasteiger partial charge in [0.05, 0.1) is 31.5 Å². The van der Waals surface area contributed by atoms with Crippen molar-refractivity contribution in [1.29, 1.82) is 0 Å². The Hall–Kier alpha value is -1.37. The van der Waals surface area contributed by atoms with Crippen LogP contribution in [0.3, 0.4) is 0 Å². The van der Waals surface area contributed by atoms with Crippen molar-refractivity contribution in [2.45, 2.75) is 250 Å². The molecule has 12 nitrogen and oxygen atoms in total. The third-order valence-electron chi connectivity index (χ3n) is 12.3. The van der Waals surface area contributed by atoms with Crippen LogP contribution in [0.15, 0.2) is 12.2 Å². The number of aliphatic hydroxyl groups excluding tert-OH is 3. The fraction of sp³-hybridized carbons (Fsp3) is 0.918. The lowest BCUT2D eigenvalue weighted by Crippen LogP contribution is -2.29. The van der Waals surface area contributed by atoms with Gasteiger partial charge in [-0.25, -0.2) is 4.57 Å². The summed E-state index contributed by atoms with van der Waals surface area (Å²) in [6, 6.07) is 0. The first-order valence-electron chi connectivity index (χ1n) is 25.4. The van der Waals surface area contributed by atoms with Crippen molar-refractivity contribution in [2.24, 2.45) is 17.6 Å². The van der Waals surface area contributed by atoms with Gasteiger partial charge in [0.1, 0.15) is 6.61 Å². The van der Waals surface area contributed by atoms with E-state index in [2.05, 4.69) is 13.8 Å². The van der Waals surface area contributed by atoms with Crippen LogP contribution >= 0.6 is 7.82 Å². The number of aliphatic hydroxyl groups is 3. The van der Waals surface area contributed by atoms with E-state index >= 15 is 0 Å². The molecule has 1 aliphatic rings. The Morgan fingerprint density at radius 3 is 1.63 bits per heavy atom. The summed E-state index contributed by atoms with van der Waals surface area (Å²) in [5, 5.41) is 31.4. The van der Waals surface area contributed by atoms with Crippen LogP contribution in [0.5, 0.6) is 0 Å². The van der Waals surface area contributed by atoms with Crippen LogP contribution in [0, 0.1) is 11.8 Å². The zero-order chi connectivity index (χ0) is 45.5. The van der Waals surface area contributed by atoms with Gasteiger partial charge in [-0.2, -0.15) is 0 Å². The number of hydrogen-bond donors (Lipinski definition) is 5. The summed E-state index contributed by atoms with van der Waals surface area (Å²) in [5.74, 6) is -1.25. The van der Waals surface area contributed by atoms with Crippen molar-refractivity contribution in [1.82, 2.24) is 0 Å². The minimum atomic E-state index is -4.44. The summed E-state index contributed by atoms with van der Waals surface area (Å²) in [5.41, 5.74) is 5.36. The van der Waals surface area contributed by atoms with Gasteiger partial charge in [0.15, 0.2) is 6.10 Å². The van der Waals surface area contributed by atoms with Gasteiger partial charge >= 0.3 is 19.8 Å². The lowest BCUT2D eigenvalue weighted by atomic mass is 9.88. The Morgan fingerprint density at radius 2 is 1.11 bits per heavy atom. The van der Waals surface area contributed by atoms with Crippen LogP contribution in [-0.2, 0) is 32.7 Å². The molecule has 0 amide bonds. The second-order valence-corrected chi connectivity index (χ2v) is 19.5. The third-order valence-corrected chi connectivity index (χ3v) is 13.2. The summed E-state index contributed by atoms with van der Waals surface area (Å²) < 4.78 is 32.9. The predicted molar refractivity (Wildman–Crippen MR) is 249 cm³/mol. The fourth-order valence-electron chi connectivity index (χ4n) is 8.44. The Labute approximate surface area is 377 Å². The van der Waals surface area contributed by atoms with Crippen LogP contribution in [0.4, 0.5) is 0 Å². The molecule has 1 unspecified atom stereocenters. The van der Waals surface area contributed by atoms with Gasteiger partial charge in [-0.05, 0) is 31.6 Å². The van der Waals surface area contributed by atoms with Crippen molar-refractivity contribution < 1.29 is 52.9 Å². The molecule has 0 heterocycles. The molecule has 6 N–H and O–H groups in total. The maximum absolute atomic E-state index is 12.8. The number of carbonyl (C=O) groups is 2. The lowest BCUT2D eigenvalue weighted by Gasteiger charge is -2.21. The van der Waals surface area contributed by atoms with Gasteiger partial charge in [0, 0.05) is 31.7 Å². The fourth-order valence-corrected chi connectivity index (χ4v) is 9.20. The summed E-state index contributed by atoms with van der Waals surface area (Å²) in [6.45, 7) is 3.43. The maximum atomic E-state index is 12.8. The number of phosphoric acid groups is 1. The third kappa shape index (κ3) is 33.2. The van der Waals surface area contributed by atoms with Crippen molar-refractivity contribution in [3.63, 3.8) is 0 Å². The average Bonchev–Trinajstić information content (AvgIpc) is 3.52. The van der Waals surface area contributed by atoms with E-state index in [1.54, 1.807) is 6.08 Å². The largest absolute Gasteiger partial charge is 0.472 e. The first-order chi connectivity index (χ1) is 30.0. The SMILES string of the molecule is CCCCCCCCCCCCCCCCCCCCCCCC(=O)OC[C@H](COP(=O)(O)OCCN)OC(=O)CCCCCC[C@@H]1[C@@H](/C=C/[C@@H](O)CCCCC)[C@H](O)C[C@@H]1O. The highest BCUT2D eigenvalue weighted by Crippen LogP contribution is 2.43. The minimum Gasteiger partial charge on any atom is -0.462 e. The molecular formula is C49H94NO11P. The number of hydrogen-bond acceptors (Lipinski definition) is 11. The van der Waals surface area contributed by atoms with Crippen molar-refractivity contribution in [3.05, 3.63) is 12.2 Å². The zero-order valence-electron chi connectivity index (χ0n) is 39.5. The smallest absolute Gasteiger partial charge is 0.462 e. The van der Waals surface area contributed by atoms with E-state index in [9.17, 15) is 34.4 Å². The highest BCUT2D eigenvalue weighted by molar-refractivity contribution is 7.47.